The number of ether oxygens (including phenoxy) is 1. The van der Waals surface area contributed by atoms with Crippen LogP contribution in [-0.2, 0) is 15.7 Å². The number of benzene rings is 2. The first kappa shape index (κ1) is 23.8. The van der Waals surface area contributed by atoms with E-state index in [0.29, 0.717) is 22.6 Å². The second kappa shape index (κ2) is 9.47. The van der Waals surface area contributed by atoms with Gasteiger partial charge in [0, 0.05) is 11.6 Å². The van der Waals surface area contributed by atoms with E-state index in [4.69, 9.17) is 21.4 Å². The lowest BCUT2D eigenvalue weighted by Gasteiger charge is -2.19. The predicted molar refractivity (Wildman–Crippen MR) is 127 cm³/mol. The molecule has 0 spiro atoms. The SMILES string of the molecule is CCOC(=O)c1ccc(-c2ccc(/C=C3/SC(=S)N(c4ccccc4C(F)(F)F)C3=O)o2)cc1. The average Bonchev–Trinajstić information content (AvgIpc) is 3.37. The van der Waals surface area contributed by atoms with Gasteiger partial charge in [-0.2, -0.15) is 13.2 Å². The van der Waals surface area contributed by atoms with Crippen LogP contribution in [0.4, 0.5) is 18.9 Å². The van der Waals surface area contributed by atoms with Crippen molar-refractivity contribution < 1.29 is 31.9 Å². The van der Waals surface area contributed by atoms with Crippen molar-refractivity contribution >= 4 is 51.9 Å². The van der Waals surface area contributed by atoms with Gasteiger partial charge in [-0.05, 0) is 43.3 Å². The van der Waals surface area contributed by atoms with Crippen molar-refractivity contribution in [1.82, 2.24) is 0 Å². The van der Waals surface area contributed by atoms with Gasteiger partial charge in [0.15, 0.2) is 4.32 Å². The molecule has 0 saturated carbocycles. The summed E-state index contributed by atoms with van der Waals surface area (Å²) in [5.74, 6) is -0.277. The van der Waals surface area contributed by atoms with Gasteiger partial charge in [-0.15, -0.1) is 0 Å². The fourth-order valence-electron chi connectivity index (χ4n) is 3.28. The third kappa shape index (κ3) is 4.78. The average molecular weight is 504 g/mol. The summed E-state index contributed by atoms with van der Waals surface area (Å²) in [7, 11) is 0. The van der Waals surface area contributed by atoms with E-state index in [9.17, 15) is 22.8 Å². The molecule has 174 valence electrons. The zero-order valence-electron chi connectivity index (χ0n) is 17.6. The maximum absolute atomic E-state index is 13.4. The van der Waals surface area contributed by atoms with Gasteiger partial charge in [0.1, 0.15) is 11.5 Å². The van der Waals surface area contributed by atoms with Crippen LogP contribution in [0.25, 0.3) is 17.4 Å². The molecule has 1 saturated heterocycles. The van der Waals surface area contributed by atoms with Crippen molar-refractivity contribution in [2.24, 2.45) is 0 Å². The number of esters is 1. The number of hydrogen-bond acceptors (Lipinski definition) is 6. The molecule has 3 aromatic rings. The summed E-state index contributed by atoms with van der Waals surface area (Å²) < 4.78 is 51.0. The predicted octanol–water partition coefficient (Wildman–Crippen LogP) is 6.55. The lowest BCUT2D eigenvalue weighted by molar-refractivity contribution is -0.137. The number of thioether (sulfide) groups is 1. The summed E-state index contributed by atoms with van der Waals surface area (Å²) >= 11 is 6.10. The highest BCUT2D eigenvalue weighted by atomic mass is 32.2. The number of alkyl halides is 3. The minimum absolute atomic E-state index is 0.00529. The molecule has 0 N–H and O–H groups in total. The van der Waals surface area contributed by atoms with Gasteiger partial charge in [0.05, 0.1) is 28.3 Å². The van der Waals surface area contributed by atoms with Crippen molar-refractivity contribution in [1.29, 1.82) is 0 Å². The molecule has 2 aromatic carbocycles. The van der Waals surface area contributed by atoms with E-state index in [1.54, 1.807) is 43.3 Å². The molecule has 0 aliphatic carbocycles. The highest BCUT2D eigenvalue weighted by molar-refractivity contribution is 8.27. The van der Waals surface area contributed by atoms with E-state index in [1.807, 2.05) is 0 Å². The number of anilines is 1. The molecule has 2 heterocycles. The van der Waals surface area contributed by atoms with Crippen LogP contribution >= 0.6 is 24.0 Å². The van der Waals surface area contributed by atoms with Crippen LogP contribution in [0, 0.1) is 0 Å². The van der Waals surface area contributed by atoms with Crippen LogP contribution in [0.15, 0.2) is 70.0 Å². The van der Waals surface area contributed by atoms with Gasteiger partial charge >= 0.3 is 12.1 Å². The smallest absolute Gasteiger partial charge is 0.418 e. The van der Waals surface area contributed by atoms with Crippen molar-refractivity contribution in [2.75, 3.05) is 11.5 Å². The zero-order chi connectivity index (χ0) is 24.5. The molecule has 0 unspecified atom stereocenters. The Labute approximate surface area is 202 Å². The Bertz CT molecular complexity index is 1300. The van der Waals surface area contributed by atoms with Gasteiger partial charge in [-0.3, -0.25) is 9.69 Å². The minimum Gasteiger partial charge on any atom is -0.462 e. The van der Waals surface area contributed by atoms with E-state index >= 15 is 0 Å². The fraction of sp³-hybridized carbons (Fsp3) is 0.125. The largest absolute Gasteiger partial charge is 0.462 e. The van der Waals surface area contributed by atoms with Crippen LogP contribution < -0.4 is 4.90 Å². The normalized spacial score (nSPS) is 15.3. The number of nitrogens with zero attached hydrogens (tertiary/aromatic N) is 1. The van der Waals surface area contributed by atoms with Crippen molar-refractivity contribution in [3.05, 3.63) is 82.5 Å². The van der Waals surface area contributed by atoms with Crippen LogP contribution in [0.5, 0.6) is 0 Å². The number of furan rings is 1. The number of halogens is 3. The summed E-state index contributed by atoms with van der Waals surface area (Å²) in [5.41, 5.74) is -0.165. The van der Waals surface area contributed by atoms with Crippen LogP contribution in [0.1, 0.15) is 28.6 Å². The maximum Gasteiger partial charge on any atom is 0.418 e. The van der Waals surface area contributed by atoms with E-state index in [0.717, 1.165) is 22.7 Å². The lowest BCUT2D eigenvalue weighted by Crippen LogP contribution is -2.29. The zero-order valence-corrected chi connectivity index (χ0v) is 19.2. The number of carbonyl (C=O) groups excluding carboxylic acids is 2. The van der Waals surface area contributed by atoms with Gasteiger partial charge in [0.2, 0.25) is 0 Å². The molecule has 34 heavy (non-hydrogen) atoms. The van der Waals surface area contributed by atoms with Gasteiger partial charge < -0.3 is 9.15 Å². The molecule has 1 fully saturated rings. The van der Waals surface area contributed by atoms with E-state index in [1.165, 1.54) is 24.3 Å². The highest BCUT2D eigenvalue weighted by Crippen LogP contribution is 2.42. The van der Waals surface area contributed by atoms with Crippen LogP contribution in [0.2, 0.25) is 0 Å². The third-order valence-electron chi connectivity index (χ3n) is 4.82. The monoisotopic (exact) mass is 503 g/mol. The molecule has 1 aliphatic rings. The molecule has 5 nitrogen and oxygen atoms in total. The Kier molecular flexibility index (Phi) is 6.63. The Morgan fingerprint density at radius 3 is 2.50 bits per heavy atom. The first-order valence-electron chi connectivity index (χ1n) is 10.0. The van der Waals surface area contributed by atoms with Crippen molar-refractivity contribution in [3.8, 4) is 11.3 Å². The maximum atomic E-state index is 13.4. The summed E-state index contributed by atoms with van der Waals surface area (Å²) in [4.78, 5) is 25.7. The van der Waals surface area contributed by atoms with E-state index in [-0.39, 0.29) is 21.5 Å². The Morgan fingerprint density at radius 1 is 1.12 bits per heavy atom. The Morgan fingerprint density at radius 2 is 1.82 bits per heavy atom. The number of rotatable bonds is 5. The summed E-state index contributed by atoms with van der Waals surface area (Å²) in [6.07, 6.45) is -3.20. The molecule has 0 radical (unpaired) electrons. The standard InChI is InChI=1S/C24H16F3NO4S2/c1-2-31-22(30)15-9-7-14(8-10-15)19-12-11-16(32-19)13-20-21(29)28(23(33)34-20)18-6-4-3-5-17(18)24(25,26)27/h3-13H,2H2,1H3/b20-13+. The summed E-state index contributed by atoms with van der Waals surface area (Å²) in [6.45, 7) is 2.00. The van der Waals surface area contributed by atoms with Crippen LogP contribution in [0.3, 0.4) is 0 Å². The molecular weight excluding hydrogens is 487 g/mol. The van der Waals surface area contributed by atoms with Crippen molar-refractivity contribution in [3.63, 3.8) is 0 Å². The number of amides is 1. The summed E-state index contributed by atoms with van der Waals surface area (Å²) in [5, 5.41) is 0. The number of thiocarbonyl (C=S) groups is 1. The third-order valence-corrected chi connectivity index (χ3v) is 6.13. The molecule has 1 aliphatic heterocycles. The molecule has 10 heteroatoms. The number of carbonyl (C=O) groups is 2. The van der Waals surface area contributed by atoms with E-state index in [2.05, 4.69) is 0 Å². The van der Waals surface area contributed by atoms with Crippen LogP contribution in [-0.4, -0.2) is 22.8 Å². The quantitative estimate of drug-likeness (QED) is 0.224. The molecule has 4 rings (SSSR count). The van der Waals surface area contributed by atoms with E-state index < -0.39 is 23.6 Å². The molecular formula is C24H16F3NO4S2. The Hall–Kier alpha value is -3.37. The highest BCUT2D eigenvalue weighted by Gasteiger charge is 2.40. The van der Waals surface area contributed by atoms with Crippen molar-refractivity contribution in [2.45, 2.75) is 13.1 Å². The Balaban J connectivity index is 1.57. The van der Waals surface area contributed by atoms with Gasteiger partial charge in [-0.1, -0.05) is 48.2 Å². The second-order valence-corrected chi connectivity index (χ2v) is 8.71. The minimum atomic E-state index is -4.64. The summed E-state index contributed by atoms with van der Waals surface area (Å²) in [6, 6.07) is 14.7. The topological polar surface area (TPSA) is 59.8 Å². The van der Waals surface area contributed by atoms with Gasteiger partial charge in [0.25, 0.3) is 5.91 Å². The number of hydrogen-bond donors (Lipinski definition) is 0. The molecule has 1 aromatic heterocycles. The fourth-order valence-corrected chi connectivity index (χ4v) is 4.55. The first-order valence-corrected chi connectivity index (χ1v) is 11.2. The molecule has 0 atom stereocenters. The number of para-hydroxylation sites is 1. The second-order valence-electron chi connectivity index (χ2n) is 7.03. The molecule has 1 amide bonds. The van der Waals surface area contributed by atoms with Gasteiger partial charge in [-0.25, -0.2) is 4.79 Å². The molecule has 0 bridgehead atoms. The first-order chi connectivity index (χ1) is 16.2. The lowest BCUT2D eigenvalue weighted by atomic mass is 10.1.